The molecule has 3 heterocycles. The highest BCUT2D eigenvalue weighted by Gasteiger charge is 2.40. The molecule has 2 fully saturated rings. The van der Waals surface area contributed by atoms with Crippen molar-refractivity contribution in [2.75, 3.05) is 20.2 Å². The Morgan fingerprint density at radius 3 is 2.71 bits per heavy atom. The average molecular weight is 570 g/mol. The van der Waals surface area contributed by atoms with Crippen LogP contribution in [0.2, 0.25) is 0 Å². The summed E-state index contributed by atoms with van der Waals surface area (Å²) in [7, 11) is 1.66. The summed E-state index contributed by atoms with van der Waals surface area (Å²) in [5.41, 5.74) is 7.59. The van der Waals surface area contributed by atoms with Gasteiger partial charge in [0.05, 0.1) is 7.11 Å². The highest BCUT2D eigenvalue weighted by atomic mass is 16.5. The van der Waals surface area contributed by atoms with E-state index >= 15 is 0 Å². The largest absolute Gasteiger partial charge is 0.486 e. The number of aryl methyl sites for hydroxylation is 1. The zero-order valence-corrected chi connectivity index (χ0v) is 25.3. The minimum Gasteiger partial charge on any atom is -0.486 e. The lowest BCUT2D eigenvalue weighted by atomic mass is 9.77. The smallest absolute Gasteiger partial charge is 0.289 e. The first-order valence-corrected chi connectivity index (χ1v) is 15.7. The minimum absolute atomic E-state index is 0.00681. The fourth-order valence-corrected chi connectivity index (χ4v) is 7.61. The number of pyridine rings is 1. The van der Waals surface area contributed by atoms with Crippen molar-refractivity contribution in [3.63, 3.8) is 0 Å². The number of fused-ring (bicyclic) bond motifs is 1. The van der Waals surface area contributed by atoms with E-state index in [9.17, 15) is 9.70 Å². The van der Waals surface area contributed by atoms with Gasteiger partial charge < -0.3 is 9.47 Å². The summed E-state index contributed by atoms with van der Waals surface area (Å²) in [5, 5.41) is 2.76. The van der Waals surface area contributed by atoms with Crippen molar-refractivity contribution in [3.05, 3.63) is 75.3 Å². The van der Waals surface area contributed by atoms with Crippen molar-refractivity contribution in [2.24, 2.45) is 22.9 Å². The normalized spacial score (nSPS) is 25.7. The molecule has 1 amide bonds. The van der Waals surface area contributed by atoms with E-state index in [0.717, 1.165) is 56.5 Å². The number of hydrogen-bond donors (Lipinski definition) is 0. The molecule has 7 heteroatoms. The number of hydrogen-bond acceptors (Lipinski definition) is 6. The summed E-state index contributed by atoms with van der Waals surface area (Å²) in [6.07, 6.45) is 11.8. The number of likely N-dealkylation sites (tertiary alicyclic amines) is 1. The van der Waals surface area contributed by atoms with Crippen LogP contribution in [-0.2, 0) is 11.2 Å². The summed E-state index contributed by atoms with van der Waals surface area (Å²) in [4.78, 5) is 30.3. The lowest BCUT2D eigenvalue weighted by Crippen LogP contribution is -2.34. The van der Waals surface area contributed by atoms with Gasteiger partial charge in [-0.1, -0.05) is 32.1 Å². The lowest BCUT2D eigenvalue weighted by molar-refractivity contribution is -0.122. The van der Waals surface area contributed by atoms with Crippen molar-refractivity contribution in [2.45, 2.75) is 83.8 Å². The van der Waals surface area contributed by atoms with E-state index in [2.05, 4.69) is 59.2 Å². The molecule has 7 nitrogen and oxygen atoms in total. The molecule has 3 unspecified atom stereocenters. The van der Waals surface area contributed by atoms with Crippen molar-refractivity contribution < 1.29 is 14.3 Å². The molecule has 1 aromatic heterocycles. The van der Waals surface area contributed by atoms with Gasteiger partial charge in [-0.15, -0.1) is 4.91 Å². The van der Waals surface area contributed by atoms with Crippen LogP contribution in [0.15, 0.2) is 58.9 Å². The van der Waals surface area contributed by atoms with E-state index in [4.69, 9.17) is 9.47 Å². The number of allylic oxidation sites excluding steroid dienone is 1. The van der Waals surface area contributed by atoms with Crippen LogP contribution in [0.5, 0.6) is 11.6 Å². The fraction of sp³-hybridized carbons (Fsp3) is 0.543. The third-order valence-electron chi connectivity index (χ3n) is 10.1. The maximum Gasteiger partial charge on any atom is 0.289 e. The Kier molecular flexibility index (Phi) is 8.30. The van der Waals surface area contributed by atoms with Gasteiger partial charge in [0.1, 0.15) is 11.9 Å². The maximum absolute atomic E-state index is 12.3. The second-order valence-electron chi connectivity index (χ2n) is 12.9. The van der Waals surface area contributed by atoms with Crippen LogP contribution in [0.1, 0.15) is 81.9 Å². The van der Waals surface area contributed by atoms with Crippen LogP contribution in [-0.4, -0.2) is 48.1 Å². The molecule has 2 aliphatic carbocycles. The molecule has 1 saturated heterocycles. The second kappa shape index (κ2) is 12.1. The molecule has 5 atom stereocenters. The van der Waals surface area contributed by atoms with Gasteiger partial charge in [0, 0.05) is 35.9 Å². The number of aromatic nitrogens is 1. The molecule has 0 N–H and O–H groups in total. The SMILES string of the molecule is COc1cc(C2=CC(CN3CCC[C@H]3C)=C(C3CCc4ccc(C(C5CC5)[C@H](C)C(=O)N=O)cc4O3)C(C)C2)ccn1. The van der Waals surface area contributed by atoms with Crippen LogP contribution in [0.4, 0.5) is 0 Å². The molecular formula is C35H43N3O4. The standard InChI is InChI=1S/C35H43N3O4/c1-21-16-28(26-13-14-36-32(19-26)41-4)17-29(20-38-15-5-6-22(38)2)33(21)30-12-11-24-7-10-27(18-31(24)42-30)34(25-8-9-25)23(3)35(39)37-40/h7,10,13-14,17-19,21-23,25,30,34H,5-6,8-9,11-12,15-16,20H2,1-4H3/t21?,22-,23+,30?,34?/m1/s1. The van der Waals surface area contributed by atoms with Crippen molar-refractivity contribution in [1.82, 2.24) is 9.88 Å². The third kappa shape index (κ3) is 5.81. The summed E-state index contributed by atoms with van der Waals surface area (Å²) in [6, 6.07) is 11.2. The molecule has 0 spiro atoms. The first-order chi connectivity index (χ1) is 20.4. The van der Waals surface area contributed by atoms with Gasteiger partial charge in [-0.3, -0.25) is 9.69 Å². The summed E-state index contributed by atoms with van der Waals surface area (Å²) >= 11 is 0. The number of nitroso groups, excluding NO2 is 1. The Labute approximate surface area is 249 Å². The van der Waals surface area contributed by atoms with Crippen molar-refractivity contribution in [1.29, 1.82) is 0 Å². The average Bonchev–Trinajstić information content (AvgIpc) is 3.76. The molecule has 0 bridgehead atoms. The van der Waals surface area contributed by atoms with E-state index in [1.54, 1.807) is 7.11 Å². The molecule has 2 aliphatic heterocycles. The molecule has 2 aromatic rings. The van der Waals surface area contributed by atoms with Gasteiger partial charge in [-0.05, 0) is 122 Å². The third-order valence-corrected chi connectivity index (χ3v) is 10.1. The number of ether oxygens (including phenoxy) is 2. The minimum atomic E-state index is -0.556. The number of methoxy groups -OCH3 is 1. The molecular weight excluding hydrogens is 526 g/mol. The van der Waals surface area contributed by atoms with Crippen molar-refractivity contribution in [3.8, 4) is 11.6 Å². The summed E-state index contributed by atoms with van der Waals surface area (Å²) in [5.74, 6) is 1.36. The van der Waals surface area contributed by atoms with E-state index < -0.39 is 11.8 Å². The fourth-order valence-electron chi connectivity index (χ4n) is 7.61. The van der Waals surface area contributed by atoms with E-state index in [-0.39, 0.29) is 12.0 Å². The molecule has 222 valence electrons. The molecule has 4 aliphatic rings. The maximum atomic E-state index is 12.3. The number of carbonyl (C=O) groups is 1. The first kappa shape index (κ1) is 28.8. The van der Waals surface area contributed by atoms with Gasteiger partial charge in [-0.25, -0.2) is 4.98 Å². The quantitative estimate of drug-likeness (QED) is 0.299. The number of rotatable bonds is 9. The molecule has 42 heavy (non-hydrogen) atoms. The highest BCUT2D eigenvalue weighted by molar-refractivity contribution is 5.80. The van der Waals surface area contributed by atoms with Crippen LogP contribution in [0.3, 0.4) is 0 Å². The molecule has 0 radical (unpaired) electrons. The Morgan fingerprint density at radius 1 is 1.17 bits per heavy atom. The predicted octanol–water partition coefficient (Wildman–Crippen LogP) is 7.11. The highest BCUT2D eigenvalue weighted by Crippen LogP contribution is 2.49. The van der Waals surface area contributed by atoms with E-state index in [1.807, 2.05) is 19.2 Å². The zero-order chi connectivity index (χ0) is 29.4. The van der Waals surface area contributed by atoms with Gasteiger partial charge in [-0.2, -0.15) is 0 Å². The van der Waals surface area contributed by atoms with Crippen LogP contribution < -0.4 is 9.47 Å². The van der Waals surface area contributed by atoms with E-state index in [0.29, 0.717) is 23.8 Å². The Morgan fingerprint density at radius 2 is 2.00 bits per heavy atom. The first-order valence-electron chi connectivity index (χ1n) is 15.7. The summed E-state index contributed by atoms with van der Waals surface area (Å²) in [6.45, 7) is 8.59. The topological polar surface area (TPSA) is 81.1 Å². The zero-order valence-electron chi connectivity index (χ0n) is 25.3. The Balaban J connectivity index is 1.34. The number of carbonyl (C=O) groups excluding carboxylic acids is 1. The van der Waals surface area contributed by atoms with Gasteiger partial charge in [0.2, 0.25) is 5.88 Å². The summed E-state index contributed by atoms with van der Waals surface area (Å²) < 4.78 is 12.3. The van der Waals surface area contributed by atoms with Gasteiger partial charge in [0.15, 0.2) is 0 Å². The van der Waals surface area contributed by atoms with Gasteiger partial charge in [0.25, 0.3) is 5.91 Å². The van der Waals surface area contributed by atoms with Gasteiger partial charge >= 0.3 is 0 Å². The molecule has 6 rings (SSSR count). The Hall–Kier alpha value is -3.32. The molecule has 1 saturated carbocycles. The monoisotopic (exact) mass is 569 g/mol. The van der Waals surface area contributed by atoms with Crippen molar-refractivity contribution >= 4 is 11.5 Å². The van der Waals surface area contributed by atoms with Crippen LogP contribution in [0, 0.1) is 22.7 Å². The second-order valence-corrected chi connectivity index (χ2v) is 12.9. The Bertz CT molecular complexity index is 1410. The number of amides is 1. The van der Waals surface area contributed by atoms with Crippen LogP contribution in [0.25, 0.3) is 5.57 Å². The number of benzene rings is 1. The van der Waals surface area contributed by atoms with Crippen LogP contribution >= 0.6 is 0 Å². The molecule has 1 aromatic carbocycles. The predicted molar refractivity (Wildman–Crippen MR) is 164 cm³/mol. The lowest BCUT2D eigenvalue weighted by Gasteiger charge is -2.37. The van der Waals surface area contributed by atoms with E-state index in [1.165, 1.54) is 40.7 Å². The number of nitrogens with zero attached hydrogens (tertiary/aromatic N) is 3.